The maximum atomic E-state index is 13.9. The van der Waals surface area contributed by atoms with Gasteiger partial charge in [-0.05, 0) is 81.8 Å². The van der Waals surface area contributed by atoms with Gasteiger partial charge in [0.05, 0.1) is 17.5 Å². The second kappa shape index (κ2) is 12.6. The summed E-state index contributed by atoms with van der Waals surface area (Å²) in [5, 5.41) is 13.9. The first-order valence-corrected chi connectivity index (χ1v) is 15.7. The topological polar surface area (TPSA) is 87.5 Å². The number of nitrogens with one attached hydrogen (secondary N) is 1. The fraction of sp³-hybridized carbons (Fsp3) is 0.719. The van der Waals surface area contributed by atoms with Gasteiger partial charge in [-0.1, -0.05) is 20.3 Å². The van der Waals surface area contributed by atoms with Crippen LogP contribution in [-0.4, -0.2) is 62.9 Å². The van der Waals surface area contributed by atoms with Gasteiger partial charge in [-0.2, -0.15) is 13.2 Å². The molecule has 5 rings (SSSR count). The van der Waals surface area contributed by atoms with Gasteiger partial charge in [0.25, 0.3) is 5.56 Å². The molecule has 2 saturated carbocycles. The van der Waals surface area contributed by atoms with E-state index in [1.54, 1.807) is 11.6 Å². The van der Waals surface area contributed by atoms with E-state index in [0.717, 1.165) is 42.3 Å². The number of carbonyl (C=O) groups excluding carboxylic acids is 1. The minimum atomic E-state index is -4.35. The first-order chi connectivity index (χ1) is 19.9. The summed E-state index contributed by atoms with van der Waals surface area (Å²) in [4.78, 5) is 33.7. The number of amides is 1. The average molecular weight is 591 g/mol. The summed E-state index contributed by atoms with van der Waals surface area (Å²) < 4.78 is 43.5. The van der Waals surface area contributed by atoms with Gasteiger partial charge in [0, 0.05) is 61.0 Å². The smallest absolute Gasteiger partial charge is 0.391 e. The van der Waals surface area contributed by atoms with Gasteiger partial charge >= 0.3 is 6.18 Å². The molecule has 2 aliphatic carbocycles. The molecule has 42 heavy (non-hydrogen) atoms. The quantitative estimate of drug-likeness (QED) is 0.490. The number of hydrogen-bond donors (Lipinski definition) is 2. The van der Waals surface area contributed by atoms with Crippen molar-refractivity contribution in [2.75, 3.05) is 13.1 Å². The highest BCUT2D eigenvalue weighted by Crippen LogP contribution is 2.43. The molecule has 7 nitrogen and oxygen atoms in total. The van der Waals surface area contributed by atoms with Gasteiger partial charge in [0.1, 0.15) is 0 Å². The number of rotatable bonds is 6. The number of carbonyl (C=O) groups is 1. The Morgan fingerprint density at radius 1 is 1.10 bits per heavy atom. The van der Waals surface area contributed by atoms with E-state index in [1.807, 2.05) is 23.2 Å². The lowest BCUT2D eigenvalue weighted by molar-refractivity contribution is -0.192. The zero-order chi connectivity index (χ0) is 30.2. The zero-order valence-corrected chi connectivity index (χ0v) is 25.0. The molecular formula is C32H45F3N4O3. The Bertz CT molecular complexity index is 1320. The van der Waals surface area contributed by atoms with Crippen molar-refractivity contribution in [1.82, 2.24) is 19.8 Å². The number of likely N-dealkylation sites (tertiary alicyclic amines) is 1. The number of piperidine rings is 1. The number of aliphatic hydroxyl groups is 1. The molecule has 6 unspecified atom stereocenters. The molecule has 232 valence electrons. The second-order valence-electron chi connectivity index (χ2n) is 13.1. The van der Waals surface area contributed by atoms with Crippen LogP contribution in [0.4, 0.5) is 13.2 Å². The highest BCUT2D eigenvalue weighted by Gasteiger charge is 2.48. The molecule has 0 bridgehead atoms. The van der Waals surface area contributed by atoms with Gasteiger partial charge in [0.15, 0.2) is 0 Å². The number of alkyl halides is 3. The van der Waals surface area contributed by atoms with E-state index in [9.17, 15) is 27.9 Å². The minimum Gasteiger partial charge on any atom is -0.393 e. The molecule has 0 aromatic carbocycles. The number of aryl methyl sites for hydroxylation is 2. The van der Waals surface area contributed by atoms with Crippen molar-refractivity contribution in [3.05, 3.63) is 39.9 Å². The van der Waals surface area contributed by atoms with Crippen molar-refractivity contribution < 1.29 is 23.1 Å². The SMILES string of the molecule is CCCc1cc2c(cn1)cc(C1CC(NC(=O)C3CC(N4CCC(O)CC4)CC(C(F)(F)F)C3)CCC1C)c(=O)n2C. The van der Waals surface area contributed by atoms with Crippen molar-refractivity contribution in [3.63, 3.8) is 0 Å². The fourth-order valence-corrected chi connectivity index (χ4v) is 7.61. The first-order valence-electron chi connectivity index (χ1n) is 15.7. The van der Waals surface area contributed by atoms with Crippen LogP contribution in [0.15, 0.2) is 23.1 Å². The molecule has 1 amide bonds. The number of halogens is 3. The standard InChI is InChI=1S/C32H45F3N4O3/c1-4-5-23-17-29-21(18-36-23)14-28(31(42)38(29)3)27-16-24(7-6-19(27)2)37-30(41)20-12-22(32(33,34)35)15-25(13-20)39-10-8-26(40)9-11-39/h14,17-20,22,24-27,40H,4-13,15-16H2,1-3H3,(H,37,41). The number of fused-ring (bicyclic) bond motifs is 1. The van der Waals surface area contributed by atoms with E-state index in [4.69, 9.17) is 0 Å². The van der Waals surface area contributed by atoms with Crippen LogP contribution in [-0.2, 0) is 18.3 Å². The maximum Gasteiger partial charge on any atom is 0.391 e. The van der Waals surface area contributed by atoms with Crippen molar-refractivity contribution >= 4 is 16.8 Å². The Morgan fingerprint density at radius 3 is 2.52 bits per heavy atom. The van der Waals surface area contributed by atoms with Crippen LogP contribution < -0.4 is 10.9 Å². The highest BCUT2D eigenvalue weighted by molar-refractivity contribution is 5.80. The third-order valence-corrected chi connectivity index (χ3v) is 10.2. The van der Waals surface area contributed by atoms with E-state index in [1.165, 1.54) is 0 Å². The van der Waals surface area contributed by atoms with Crippen LogP contribution in [0.2, 0.25) is 0 Å². The Hall–Kier alpha value is -2.46. The minimum absolute atomic E-state index is 0.00639. The molecule has 0 spiro atoms. The summed E-state index contributed by atoms with van der Waals surface area (Å²) in [6.07, 6.45) is 2.36. The second-order valence-corrected chi connectivity index (χ2v) is 13.1. The van der Waals surface area contributed by atoms with Gasteiger partial charge in [-0.25, -0.2) is 0 Å². The predicted molar refractivity (Wildman–Crippen MR) is 156 cm³/mol. The van der Waals surface area contributed by atoms with Crippen LogP contribution in [0.5, 0.6) is 0 Å². The predicted octanol–water partition coefficient (Wildman–Crippen LogP) is 5.08. The lowest BCUT2D eigenvalue weighted by Gasteiger charge is -2.43. The van der Waals surface area contributed by atoms with E-state index in [2.05, 4.69) is 24.1 Å². The van der Waals surface area contributed by atoms with Crippen LogP contribution in [0.1, 0.15) is 88.8 Å². The molecule has 2 N–H and O–H groups in total. The number of pyridine rings is 2. The van der Waals surface area contributed by atoms with Crippen LogP contribution >= 0.6 is 0 Å². The molecule has 1 aliphatic heterocycles. The molecule has 0 radical (unpaired) electrons. The monoisotopic (exact) mass is 590 g/mol. The molecular weight excluding hydrogens is 545 g/mol. The van der Waals surface area contributed by atoms with Crippen molar-refractivity contribution in [2.45, 2.75) is 108 Å². The van der Waals surface area contributed by atoms with Crippen molar-refractivity contribution in [2.24, 2.45) is 24.8 Å². The normalized spacial score (nSPS) is 30.0. The summed E-state index contributed by atoms with van der Waals surface area (Å²) in [5.74, 6) is -2.35. The molecule has 3 fully saturated rings. The van der Waals surface area contributed by atoms with Crippen molar-refractivity contribution in [1.29, 1.82) is 0 Å². The molecule has 3 aliphatic rings. The third-order valence-electron chi connectivity index (χ3n) is 10.2. The van der Waals surface area contributed by atoms with Crippen LogP contribution in [0.3, 0.4) is 0 Å². The molecule has 3 heterocycles. The molecule has 2 aromatic heterocycles. The first kappa shape index (κ1) is 31.0. The number of hydrogen-bond acceptors (Lipinski definition) is 5. The molecule has 6 atom stereocenters. The number of nitrogens with zero attached hydrogens (tertiary/aromatic N) is 3. The Labute approximate surface area is 245 Å². The lowest BCUT2D eigenvalue weighted by atomic mass is 9.73. The maximum absolute atomic E-state index is 13.9. The highest BCUT2D eigenvalue weighted by atomic mass is 19.4. The largest absolute Gasteiger partial charge is 0.393 e. The summed E-state index contributed by atoms with van der Waals surface area (Å²) in [6.45, 7) is 5.34. The summed E-state index contributed by atoms with van der Waals surface area (Å²) in [5.41, 5.74) is 2.47. The van der Waals surface area contributed by atoms with E-state index in [0.29, 0.717) is 44.3 Å². The lowest BCUT2D eigenvalue weighted by Crippen LogP contribution is -2.51. The summed E-state index contributed by atoms with van der Waals surface area (Å²) in [6, 6.07) is 3.41. The number of aliphatic hydroxyl groups excluding tert-OH is 1. The van der Waals surface area contributed by atoms with Gasteiger partial charge in [-0.3, -0.25) is 14.6 Å². The van der Waals surface area contributed by atoms with Gasteiger partial charge < -0.3 is 19.9 Å². The van der Waals surface area contributed by atoms with E-state index in [-0.39, 0.29) is 48.2 Å². The summed E-state index contributed by atoms with van der Waals surface area (Å²) in [7, 11) is 1.79. The zero-order valence-electron chi connectivity index (χ0n) is 25.0. The number of aromatic nitrogens is 2. The Morgan fingerprint density at radius 2 is 1.83 bits per heavy atom. The van der Waals surface area contributed by atoms with E-state index >= 15 is 0 Å². The Balaban J connectivity index is 1.31. The third kappa shape index (κ3) is 6.69. The molecule has 1 saturated heterocycles. The van der Waals surface area contributed by atoms with Crippen LogP contribution in [0, 0.1) is 17.8 Å². The van der Waals surface area contributed by atoms with Gasteiger partial charge in [-0.15, -0.1) is 0 Å². The average Bonchev–Trinajstić information content (AvgIpc) is 2.96. The molecule has 2 aromatic rings. The molecule has 10 heteroatoms. The van der Waals surface area contributed by atoms with Crippen molar-refractivity contribution in [3.8, 4) is 0 Å². The fourth-order valence-electron chi connectivity index (χ4n) is 7.61. The Kier molecular flexibility index (Phi) is 9.33. The van der Waals surface area contributed by atoms with E-state index < -0.39 is 24.1 Å². The van der Waals surface area contributed by atoms with Gasteiger partial charge in [0.2, 0.25) is 5.91 Å². The summed E-state index contributed by atoms with van der Waals surface area (Å²) >= 11 is 0. The van der Waals surface area contributed by atoms with Crippen LogP contribution in [0.25, 0.3) is 10.9 Å².